The van der Waals surface area contributed by atoms with Gasteiger partial charge >= 0.3 is 0 Å². The lowest BCUT2D eigenvalue weighted by molar-refractivity contribution is -0.144. The number of halogens is 2. The average Bonchev–Trinajstić information content (AvgIpc) is 3.09. The van der Waals surface area contributed by atoms with Crippen molar-refractivity contribution in [2.45, 2.75) is 47.9 Å². The maximum absolute atomic E-state index is 13.7. The van der Waals surface area contributed by atoms with Crippen LogP contribution in [0.15, 0.2) is 48.5 Å². The minimum Gasteiger partial charge on any atom is -0.352 e. The van der Waals surface area contributed by atoms with E-state index >= 15 is 0 Å². The predicted molar refractivity (Wildman–Crippen MR) is 125 cm³/mol. The Morgan fingerprint density at radius 2 is 1.24 bits per heavy atom. The smallest absolute Gasteiger partial charge is 0.240 e. The van der Waals surface area contributed by atoms with Gasteiger partial charge in [0.25, 0.3) is 0 Å². The fraction of sp³-hybridized carbons (Fsp3) is 0.423. The maximum Gasteiger partial charge on any atom is 0.240 e. The first-order valence-corrected chi connectivity index (χ1v) is 12.4. The summed E-state index contributed by atoms with van der Waals surface area (Å²) < 4.78 is 0. The van der Waals surface area contributed by atoms with Crippen LogP contribution in [-0.2, 0) is 24.1 Å². The van der Waals surface area contributed by atoms with Gasteiger partial charge in [-0.1, -0.05) is 67.8 Å². The molecular weight excluding hydrogens is 459 g/mol. The zero-order chi connectivity index (χ0) is 23.0. The van der Waals surface area contributed by atoms with Gasteiger partial charge in [-0.15, -0.1) is 23.2 Å². The summed E-state index contributed by atoms with van der Waals surface area (Å²) in [6, 6.07) is 15.2. The van der Waals surface area contributed by atoms with Crippen LogP contribution in [0.25, 0.3) is 0 Å². The lowest BCUT2D eigenvalue weighted by atomic mass is 9.54. The van der Waals surface area contributed by atoms with E-state index in [-0.39, 0.29) is 18.5 Å². The van der Waals surface area contributed by atoms with Crippen molar-refractivity contribution in [1.29, 1.82) is 0 Å². The molecule has 0 spiro atoms. The molecule has 2 atom stereocenters. The van der Waals surface area contributed by atoms with Crippen LogP contribution in [-0.4, -0.2) is 35.2 Å². The number of hydrogen-bond donors (Lipinski definition) is 1. The highest BCUT2D eigenvalue weighted by atomic mass is 35.5. The fourth-order valence-electron chi connectivity index (χ4n) is 6.54. The van der Waals surface area contributed by atoms with Crippen molar-refractivity contribution in [1.82, 2.24) is 10.2 Å². The first-order valence-electron chi connectivity index (χ1n) is 11.6. The quantitative estimate of drug-likeness (QED) is 0.530. The second kappa shape index (κ2) is 7.31. The van der Waals surface area contributed by atoms with Crippen LogP contribution in [0.5, 0.6) is 0 Å². The minimum absolute atomic E-state index is 0.102. The molecule has 7 rings (SSSR count). The van der Waals surface area contributed by atoms with E-state index in [4.69, 9.17) is 23.2 Å². The summed E-state index contributed by atoms with van der Waals surface area (Å²) in [7, 11) is 0. The van der Waals surface area contributed by atoms with Crippen LogP contribution in [0.4, 0.5) is 0 Å². The highest BCUT2D eigenvalue weighted by molar-refractivity contribution is 6.36. The van der Waals surface area contributed by atoms with E-state index in [0.717, 1.165) is 52.8 Å². The van der Waals surface area contributed by atoms with Crippen LogP contribution in [0.2, 0.25) is 0 Å². The van der Waals surface area contributed by atoms with Gasteiger partial charge in [0.2, 0.25) is 17.7 Å². The number of nitrogens with one attached hydrogen (secondary N) is 1. The largest absolute Gasteiger partial charge is 0.352 e. The summed E-state index contributed by atoms with van der Waals surface area (Å²) in [6.07, 6.45) is 5.20. The summed E-state index contributed by atoms with van der Waals surface area (Å²) in [4.78, 5) is 38.9. The lowest BCUT2D eigenvalue weighted by Gasteiger charge is -2.54. The van der Waals surface area contributed by atoms with Crippen molar-refractivity contribution in [3.8, 4) is 0 Å². The first kappa shape index (κ1) is 21.2. The third-order valence-corrected chi connectivity index (χ3v) is 9.23. The molecule has 4 aliphatic carbocycles. The zero-order valence-corrected chi connectivity index (χ0v) is 19.5. The van der Waals surface area contributed by atoms with E-state index in [0.29, 0.717) is 0 Å². The maximum atomic E-state index is 13.7. The van der Waals surface area contributed by atoms with Gasteiger partial charge in [-0.3, -0.25) is 19.3 Å². The molecule has 2 fully saturated rings. The van der Waals surface area contributed by atoms with Gasteiger partial charge in [-0.25, -0.2) is 0 Å². The topological polar surface area (TPSA) is 66.5 Å². The Hall–Kier alpha value is -2.37. The number of carbonyl (C=O) groups excluding carboxylic acids is 3. The molecule has 2 aromatic rings. The van der Waals surface area contributed by atoms with Crippen LogP contribution in [0.1, 0.15) is 54.4 Å². The number of amides is 3. The molecule has 1 N–H and O–H groups in total. The molecule has 0 aromatic heterocycles. The van der Waals surface area contributed by atoms with E-state index in [1.807, 2.05) is 48.5 Å². The number of alkyl halides is 2. The third kappa shape index (κ3) is 2.69. The molecule has 0 unspecified atom stereocenters. The van der Waals surface area contributed by atoms with Gasteiger partial charge in [0.15, 0.2) is 0 Å². The Kier molecular flexibility index (Phi) is 4.69. The molecule has 2 bridgehead atoms. The number of likely N-dealkylation sites (tertiary alicyclic amines) is 1. The number of hydrogen-bond acceptors (Lipinski definition) is 3. The Bertz CT molecular complexity index is 1070. The summed E-state index contributed by atoms with van der Waals surface area (Å²) in [6.45, 7) is -0.298. The molecule has 7 heteroatoms. The van der Waals surface area contributed by atoms with Crippen LogP contribution >= 0.6 is 23.2 Å². The van der Waals surface area contributed by atoms with Crippen molar-refractivity contribution in [2.75, 3.05) is 6.54 Å². The van der Waals surface area contributed by atoms with Gasteiger partial charge in [-0.05, 0) is 35.1 Å². The second-order valence-corrected chi connectivity index (χ2v) is 10.8. The average molecular weight is 483 g/mol. The molecule has 33 heavy (non-hydrogen) atoms. The molecule has 1 saturated carbocycles. The first-order chi connectivity index (χ1) is 15.9. The Morgan fingerprint density at radius 3 is 1.67 bits per heavy atom. The second-order valence-electron chi connectivity index (χ2n) is 9.64. The summed E-state index contributed by atoms with van der Waals surface area (Å²) in [5, 5.41) is 3.01. The Labute approximate surface area is 202 Å². The number of benzene rings is 2. The number of rotatable bonds is 3. The van der Waals surface area contributed by atoms with E-state index in [9.17, 15) is 14.4 Å². The molecule has 1 heterocycles. The summed E-state index contributed by atoms with van der Waals surface area (Å²) in [5.41, 5.74) is 3.04. The number of nitrogens with zero attached hydrogens (tertiary/aromatic N) is 1. The highest BCUT2D eigenvalue weighted by Gasteiger charge is 2.73. The number of imide groups is 1. The molecule has 1 saturated heterocycles. The van der Waals surface area contributed by atoms with Crippen LogP contribution in [0, 0.1) is 11.8 Å². The Morgan fingerprint density at radius 1 is 0.818 bits per heavy atom. The lowest BCUT2D eigenvalue weighted by Crippen LogP contribution is -2.57. The van der Waals surface area contributed by atoms with Gasteiger partial charge in [0, 0.05) is 6.04 Å². The third-order valence-electron chi connectivity index (χ3n) is 7.95. The van der Waals surface area contributed by atoms with Gasteiger partial charge in [-0.2, -0.15) is 0 Å². The molecule has 5 nitrogen and oxygen atoms in total. The molecule has 1 aliphatic heterocycles. The van der Waals surface area contributed by atoms with Crippen LogP contribution in [0.3, 0.4) is 0 Å². The standard InChI is InChI=1S/C26H24Cl2N2O3/c27-25-16-10-4-5-11-17(16)26(28,19-13-7-6-12-18(19)25)22-21(25)23(32)30(24(22)33)14-20(31)29-15-8-2-1-3-9-15/h4-7,10-13,15,21-22H,1-3,8-9,14H2,(H,29,31)/t21-,22-,25?,26?/m0/s1. The van der Waals surface area contributed by atoms with Gasteiger partial charge in [0.05, 0.1) is 11.8 Å². The van der Waals surface area contributed by atoms with E-state index in [1.54, 1.807) is 0 Å². The van der Waals surface area contributed by atoms with E-state index in [1.165, 1.54) is 6.42 Å². The van der Waals surface area contributed by atoms with Crippen molar-refractivity contribution in [3.05, 3.63) is 70.8 Å². The fourth-order valence-corrected chi connectivity index (χ4v) is 7.64. The molecule has 0 radical (unpaired) electrons. The molecule has 5 aliphatic rings. The molecule has 2 aromatic carbocycles. The Balaban J connectivity index is 1.41. The minimum atomic E-state index is -1.21. The van der Waals surface area contributed by atoms with Gasteiger partial charge < -0.3 is 5.32 Å². The molecular formula is C26H24Cl2N2O3. The highest BCUT2D eigenvalue weighted by Crippen LogP contribution is 2.69. The molecule has 3 amide bonds. The normalized spacial score (nSPS) is 32.4. The SMILES string of the molecule is O=C(CN1C(=O)[C@@H]2[C@@H](C1=O)C1(Cl)c3ccccc3C2(Cl)c2ccccc21)NC1CCCCC1. The van der Waals surface area contributed by atoms with Crippen LogP contribution < -0.4 is 5.32 Å². The predicted octanol–water partition coefficient (Wildman–Crippen LogP) is 4.03. The van der Waals surface area contributed by atoms with Crippen molar-refractivity contribution in [3.63, 3.8) is 0 Å². The molecule has 170 valence electrons. The summed E-state index contributed by atoms with van der Waals surface area (Å²) in [5.74, 6) is -2.88. The van der Waals surface area contributed by atoms with Crippen molar-refractivity contribution in [2.24, 2.45) is 11.8 Å². The van der Waals surface area contributed by atoms with E-state index in [2.05, 4.69) is 5.32 Å². The summed E-state index contributed by atoms with van der Waals surface area (Å²) >= 11 is 14.8. The van der Waals surface area contributed by atoms with E-state index < -0.39 is 33.4 Å². The van der Waals surface area contributed by atoms with Crippen molar-refractivity contribution < 1.29 is 14.4 Å². The number of carbonyl (C=O) groups is 3. The monoisotopic (exact) mass is 482 g/mol. The zero-order valence-electron chi connectivity index (χ0n) is 18.0. The van der Waals surface area contributed by atoms with Gasteiger partial charge in [0.1, 0.15) is 16.3 Å². The van der Waals surface area contributed by atoms with Crippen molar-refractivity contribution >= 4 is 40.9 Å².